The fourth-order valence-corrected chi connectivity index (χ4v) is 4.49. The second kappa shape index (κ2) is 9.72. The van der Waals surface area contributed by atoms with Crippen LogP contribution in [0.1, 0.15) is 66.4 Å². The maximum absolute atomic E-state index is 12.6. The summed E-state index contributed by atoms with van der Waals surface area (Å²) in [5.41, 5.74) is 8.36. The molecule has 0 heterocycles. The summed E-state index contributed by atoms with van der Waals surface area (Å²) in [7, 11) is 1.89. The van der Waals surface area contributed by atoms with E-state index in [1.165, 1.54) is 6.42 Å². The number of aryl methyl sites for hydroxylation is 1. The molecule has 0 unspecified atom stereocenters. The van der Waals surface area contributed by atoms with Crippen molar-refractivity contribution in [2.75, 3.05) is 13.7 Å². The highest BCUT2D eigenvalue weighted by atomic mass is 16.5. The molecule has 1 aromatic carbocycles. The lowest BCUT2D eigenvalue weighted by Crippen LogP contribution is -2.52. The van der Waals surface area contributed by atoms with Crippen molar-refractivity contribution >= 4 is 11.9 Å². The number of carboxylic acids is 1. The molecule has 1 atom stereocenters. The average molecular weight is 403 g/mol. The van der Waals surface area contributed by atoms with Gasteiger partial charge in [-0.05, 0) is 75.3 Å². The zero-order valence-electron chi connectivity index (χ0n) is 17.6. The van der Waals surface area contributed by atoms with Crippen LogP contribution in [-0.4, -0.2) is 47.6 Å². The first kappa shape index (κ1) is 21.8. The van der Waals surface area contributed by atoms with E-state index in [4.69, 9.17) is 10.5 Å². The van der Waals surface area contributed by atoms with Gasteiger partial charge in [-0.1, -0.05) is 17.7 Å². The summed E-state index contributed by atoms with van der Waals surface area (Å²) in [6, 6.07) is 5.31. The van der Waals surface area contributed by atoms with E-state index < -0.39 is 12.0 Å². The minimum atomic E-state index is -0.922. The minimum Gasteiger partial charge on any atom is -0.478 e. The minimum absolute atomic E-state index is 0.0926. The Morgan fingerprint density at radius 2 is 1.90 bits per heavy atom. The molecule has 0 aromatic heterocycles. The van der Waals surface area contributed by atoms with E-state index in [9.17, 15) is 14.7 Å². The molecule has 0 aliphatic heterocycles. The number of carbonyl (C=O) groups excluding carboxylic acids is 1. The van der Waals surface area contributed by atoms with E-state index in [1.54, 1.807) is 12.1 Å². The van der Waals surface area contributed by atoms with Crippen LogP contribution in [0.15, 0.2) is 18.2 Å². The Hall–Kier alpha value is -1.92. The van der Waals surface area contributed by atoms with Gasteiger partial charge in [0.2, 0.25) is 5.91 Å². The van der Waals surface area contributed by atoms with Crippen LogP contribution in [0.25, 0.3) is 0 Å². The third-order valence-corrected chi connectivity index (χ3v) is 6.76. The molecule has 2 aliphatic carbocycles. The smallest absolute Gasteiger partial charge is 0.336 e. The number of benzene rings is 1. The summed E-state index contributed by atoms with van der Waals surface area (Å²) in [6.45, 7) is 2.88. The molecule has 0 bridgehead atoms. The number of hydrogen-bond acceptors (Lipinski definition) is 4. The van der Waals surface area contributed by atoms with Crippen LogP contribution in [-0.2, 0) is 16.1 Å². The van der Waals surface area contributed by atoms with Gasteiger partial charge in [-0.3, -0.25) is 4.79 Å². The van der Waals surface area contributed by atoms with Crippen LogP contribution in [0.5, 0.6) is 0 Å². The highest BCUT2D eigenvalue weighted by molar-refractivity contribution is 5.89. The summed E-state index contributed by atoms with van der Waals surface area (Å²) >= 11 is 0. The lowest BCUT2D eigenvalue weighted by Gasteiger charge is -2.38. The third kappa shape index (κ3) is 5.37. The van der Waals surface area contributed by atoms with Crippen molar-refractivity contribution in [1.29, 1.82) is 0 Å². The highest BCUT2D eigenvalue weighted by Gasteiger charge is 2.34. The molecule has 0 spiro atoms. The molecular formula is C23H34N2O4. The summed E-state index contributed by atoms with van der Waals surface area (Å²) in [5.74, 6) is -0.141. The zero-order chi connectivity index (χ0) is 21.0. The number of carbonyl (C=O) groups is 2. The normalized spacial score (nSPS) is 23.3. The first-order chi connectivity index (χ1) is 13.9. The molecule has 1 aromatic rings. The van der Waals surface area contributed by atoms with Gasteiger partial charge in [0.15, 0.2) is 0 Å². The van der Waals surface area contributed by atoms with Gasteiger partial charge in [-0.15, -0.1) is 0 Å². The summed E-state index contributed by atoms with van der Waals surface area (Å²) in [5, 5.41) is 9.32. The molecule has 2 saturated carbocycles. The van der Waals surface area contributed by atoms with Gasteiger partial charge in [-0.2, -0.15) is 0 Å². The number of rotatable bonds is 8. The lowest BCUT2D eigenvalue weighted by atomic mass is 9.78. The van der Waals surface area contributed by atoms with Gasteiger partial charge in [0.25, 0.3) is 0 Å². The Bertz CT molecular complexity index is 724. The molecule has 6 nitrogen and oxygen atoms in total. The SMILES string of the molecule is Cc1ccc(C(=O)O)c(COCC2CCC([C@H](N)C(=O)N(C)C3CCC3)CC2)c1. The van der Waals surface area contributed by atoms with Crippen molar-refractivity contribution in [2.24, 2.45) is 17.6 Å². The molecule has 0 radical (unpaired) electrons. The third-order valence-electron chi connectivity index (χ3n) is 6.76. The van der Waals surface area contributed by atoms with Crippen molar-refractivity contribution in [1.82, 2.24) is 4.90 Å². The zero-order valence-corrected chi connectivity index (χ0v) is 17.6. The largest absolute Gasteiger partial charge is 0.478 e. The van der Waals surface area contributed by atoms with Crippen LogP contribution >= 0.6 is 0 Å². The van der Waals surface area contributed by atoms with Crippen molar-refractivity contribution in [3.63, 3.8) is 0 Å². The fraction of sp³-hybridized carbons (Fsp3) is 0.652. The first-order valence-corrected chi connectivity index (χ1v) is 10.8. The van der Waals surface area contributed by atoms with Crippen molar-refractivity contribution in [3.05, 3.63) is 34.9 Å². The Morgan fingerprint density at radius 1 is 1.21 bits per heavy atom. The Morgan fingerprint density at radius 3 is 2.48 bits per heavy atom. The molecule has 3 N–H and O–H groups in total. The first-order valence-electron chi connectivity index (χ1n) is 10.8. The fourth-order valence-electron chi connectivity index (χ4n) is 4.49. The van der Waals surface area contributed by atoms with Crippen LogP contribution in [0.3, 0.4) is 0 Å². The van der Waals surface area contributed by atoms with E-state index in [-0.39, 0.29) is 11.8 Å². The predicted octanol–water partition coefficient (Wildman–Crippen LogP) is 3.35. The molecule has 29 heavy (non-hydrogen) atoms. The maximum atomic E-state index is 12.6. The van der Waals surface area contributed by atoms with Crippen molar-refractivity contribution in [3.8, 4) is 0 Å². The van der Waals surface area contributed by atoms with E-state index >= 15 is 0 Å². The highest BCUT2D eigenvalue weighted by Crippen LogP contribution is 2.32. The van der Waals surface area contributed by atoms with Crippen LogP contribution in [0.2, 0.25) is 0 Å². The van der Waals surface area contributed by atoms with Crippen LogP contribution < -0.4 is 5.73 Å². The molecule has 2 aliphatic rings. The Kier molecular flexibility index (Phi) is 7.30. The van der Waals surface area contributed by atoms with Crippen molar-refractivity contribution < 1.29 is 19.4 Å². The number of carboxylic acid groups (broad SMARTS) is 1. The number of nitrogens with two attached hydrogens (primary N) is 1. The number of hydrogen-bond donors (Lipinski definition) is 2. The molecule has 3 rings (SSSR count). The number of likely N-dealkylation sites (N-methyl/N-ethyl adjacent to an activating group) is 1. The second-order valence-electron chi connectivity index (χ2n) is 8.82. The maximum Gasteiger partial charge on any atom is 0.336 e. The lowest BCUT2D eigenvalue weighted by molar-refractivity contribution is -0.136. The predicted molar refractivity (Wildman–Crippen MR) is 112 cm³/mol. The van der Waals surface area contributed by atoms with Gasteiger partial charge < -0.3 is 20.5 Å². The number of ether oxygens (including phenoxy) is 1. The van der Waals surface area contributed by atoms with E-state index in [1.807, 2.05) is 24.9 Å². The standard InChI is InChI=1S/C23H34N2O4/c1-15-6-11-20(23(27)28)18(12-15)14-29-13-16-7-9-17(10-8-16)21(24)22(26)25(2)19-4-3-5-19/h6,11-12,16-17,19,21H,3-5,7-10,13-14,24H2,1-2H3,(H,27,28)/t16?,17?,21-/m0/s1. The Balaban J connectivity index is 1.43. The number of amides is 1. The van der Waals surface area contributed by atoms with Gasteiger partial charge in [0, 0.05) is 19.7 Å². The molecule has 0 saturated heterocycles. The second-order valence-corrected chi connectivity index (χ2v) is 8.82. The van der Waals surface area contributed by atoms with Gasteiger partial charge in [-0.25, -0.2) is 4.79 Å². The van der Waals surface area contributed by atoms with Gasteiger partial charge in [0.1, 0.15) is 0 Å². The van der Waals surface area contributed by atoms with Gasteiger partial charge >= 0.3 is 5.97 Å². The van der Waals surface area contributed by atoms with Gasteiger partial charge in [0.05, 0.1) is 18.2 Å². The van der Waals surface area contributed by atoms with E-state index in [0.717, 1.165) is 49.7 Å². The van der Waals surface area contributed by atoms with E-state index in [0.29, 0.717) is 30.7 Å². The number of aromatic carboxylic acids is 1. The topological polar surface area (TPSA) is 92.9 Å². The summed E-state index contributed by atoms with van der Waals surface area (Å²) in [4.78, 5) is 25.9. The molecule has 2 fully saturated rings. The molecular weight excluding hydrogens is 368 g/mol. The summed E-state index contributed by atoms with van der Waals surface area (Å²) < 4.78 is 5.87. The number of nitrogens with zero attached hydrogens (tertiary/aromatic N) is 1. The monoisotopic (exact) mass is 402 g/mol. The van der Waals surface area contributed by atoms with Crippen LogP contribution in [0.4, 0.5) is 0 Å². The van der Waals surface area contributed by atoms with Crippen molar-refractivity contribution in [2.45, 2.75) is 70.6 Å². The summed E-state index contributed by atoms with van der Waals surface area (Å²) in [6.07, 6.45) is 7.30. The molecule has 1 amide bonds. The molecule has 6 heteroatoms. The molecule has 160 valence electrons. The van der Waals surface area contributed by atoms with Crippen LogP contribution in [0, 0.1) is 18.8 Å². The van der Waals surface area contributed by atoms with E-state index in [2.05, 4.69) is 0 Å². The average Bonchev–Trinajstić information content (AvgIpc) is 2.66. The Labute approximate surface area is 173 Å². The quantitative estimate of drug-likeness (QED) is 0.696.